The summed E-state index contributed by atoms with van der Waals surface area (Å²) in [6.45, 7) is 4.47. The van der Waals surface area contributed by atoms with Gasteiger partial charge in [0.2, 0.25) is 0 Å². The van der Waals surface area contributed by atoms with Crippen molar-refractivity contribution in [1.82, 2.24) is 29.9 Å². The number of methoxy groups -OCH3 is 1. The molecule has 0 spiro atoms. The number of thiazole rings is 1. The third kappa shape index (κ3) is 4.87. The highest BCUT2D eigenvalue weighted by Crippen LogP contribution is 2.36. The van der Waals surface area contributed by atoms with E-state index in [0.717, 1.165) is 21.0 Å². The van der Waals surface area contributed by atoms with E-state index in [0.29, 0.717) is 28.8 Å². The molecule has 1 atom stereocenters. The van der Waals surface area contributed by atoms with E-state index < -0.39 is 6.03 Å². The van der Waals surface area contributed by atoms with Gasteiger partial charge in [-0.3, -0.25) is 0 Å². The second kappa shape index (κ2) is 9.65. The molecular formula is C20H22ClN9O2S. The molecule has 0 aromatic carbocycles. The molecule has 2 N–H and O–H groups in total. The summed E-state index contributed by atoms with van der Waals surface area (Å²) >= 11 is 7.79. The van der Waals surface area contributed by atoms with Crippen LogP contribution in [0.1, 0.15) is 11.9 Å². The number of aromatic nitrogens is 6. The highest BCUT2D eigenvalue weighted by atomic mass is 35.5. The monoisotopic (exact) mass is 487 g/mol. The average Bonchev–Trinajstić information content (AvgIpc) is 3.42. The van der Waals surface area contributed by atoms with Gasteiger partial charge in [-0.2, -0.15) is 10.2 Å². The molecule has 0 aliphatic carbocycles. The normalized spacial score (nSPS) is 12.0. The van der Waals surface area contributed by atoms with Gasteiger partial charge >= 0.3 is 6.03 Å². The van der Waals surface area contributed by atoms with Crippen LogP contribution in [0, 0.1) is 6.92 Å². The lowest BCUT2D eigenvalue weighted by atomic mass is 10.2. The van der Waals surface area contributed by atoms with E-state index >= 15 is 0 Å². The quantitative estimate of drug-likeness (QED) is 0.404. The lowest BCUT2D eigenvalue weighted by Gasteiger charge is -2.28. The maximum absolute atomic E-state index is 12.8. The summed E-state index contributed by atoms with van der Waals surface area (Å²) in [6.07, 6.45) is 6.15. The lowest BCUT2D eigenvalue weighted by molar-refractivity contribution is 0.183. The van der Waals surface area contributed by atoms with Crippen LogP contribution < -0.4 is 15.5 Å². The Morgan fingerprint density at radius 3 is 2.73 bits per heavy atom. The fraction of sp³-hybridized carbons (Fsp3) is 0.300. The predicted molar refractivity (Wildman–Crippen MR) is 129 cm³/mol. The van der Waals surface area contributed by atoms with E-state index in [2.05, 4.69) is 35.8 Å². The number of halogens is 1. The average molecular weight is 488 g/mol. The molecule has 4 aromatic heterocycles. The van der Waals surface area contributed by atoms with Crippen molar-refractivity contribution in [3.63, 3.8) is 0 Å². The number of hydrogen-bond acceptors (Lipinski definition) is 9. The van der Waals surface area contributed by atoms with Crippen LogP contribution in [-0.2, 0) is 4.74 Å². The molecule has 0 radical (unpaired) electrons. The third-order valence-corrected chi connectivity index (χ3v) is 6.02. The van der Waals surface area contributed by atoms with Gasteiger partial charge in [0.15, 0.2) is 5.82 Å². The van der Waals surface area contributed by atoms with Crippen molar-refractivity contribution in [1.29, 1.82) is 0 Å². The van der Waals surface area contributed by atoms with Gasteiger partial charge in [0, 0.05) is 20.2 Å². The summed E-state index contributed by atoms with van der Waals surface area (Å²) in [5.41, 5.74) is 2.42. The number of ether oxygens (including phenoxy) is 1. The molecule has 4 heterocycles. The lowest BCUT2D eigenvalue weighted by Crippen LogP contribution is -2.34. The van der Waals surface area contributed by atoms with E-state index in [4.69, 9.17) is 16.3 Å². The van der Waals surface area contributed by atoms with Crippen LogP contribution in [0.4, 0.5) is 21.9 Å². The molecule has 13 heteroatoms. The Balaban J connectivity index is 1.59. The zero-order valence-electron chi connectivity index (χ0n) is 18.4. The van der Waals surface area contributed by atoms with E-state index in [-0.39, 0.29) is 6.04 Å². The van der Waals surface area contributed by atoms with Crippen molar-refractivity contribution in [3.8, 4) is 5.82 Å². The molecule has 0 fully saturated rings. The summed E-state index contributed by atoms with van der Waals surface area (Å²) in [5.74, 6) is 0.359. The van der Waals surface area contributed by atoms with Gasteiger partial charge in [0.05, 0.1) is 58.5 Å². The second-order valence-corrected chi connectivity index (χ2v) is 8.84. The highest BCUT2D eigenvalue weighted by molar-refractivity contribution is 7.18. The molecule has 0 bridgehead atoms. The van der Waals surface area contributed by atoms with Crippen LogP contribution in [0.25, 0.3) is 16.2 Å². The predicted octanol–water partition coefficient (Wildman–Crippen LogP) is 3.74. The van der Waals surface area contributed by atoms with Gasteiger partial charge in [-0.05, 0) is 19.9 Å². The number of carbonyl (C=O) groups excluding carboxylic acids is 1. The van der Waals surface area contributed by atoms with Gasteiger partial charge in [-0.15, -0.1) is 4.80 Å². The first-order valence-corrected chi connectivity index (χ1v) is 11.1. The molecule has 33 heavy (non-hydrogen) atoms. The molecule has 4 aromatic rings. The van der Waals surface area contributed by atoms with E-state index in [1.807, 2.05) is 25.8 Å². The standard InChI is InChI=1S/C20H22ClN9O2S/c1-11(10-32-4)29(3)17-15(9-23-19-16(17)26-12(2)33-19)28-20(31)27-13-7-14(21)18(22-8-13)30-24-5-6-25-30/h5-9,11H,10H2,1-4H3,(H2,27,28,31). The maximum atomic E-state index is 12.8. The first-order chi connectivity index (χ1) is 15.9. The number of anilines is 3. The number of nitrogens with zero attached hydrogens (tertiary/aromatic N) is 7. The molecule has 1 unspecified atom stereocenters. The minimum absolute atomic E-state index is 0.0395. The van der Waals surface area contributed by atoms with E-state index in [1.54, 1.807) is 19.4 Å². The summed E-state index contributed by atoms with van der Waals surface area (Å²) in [4.78, 5) is 30.3. The topological polar surface area (TPSA) is 123 Å². The van der Waals surface area contributed by atoms with Crippen molar-refractivity contribution < 1.29 is 9.53 Å². The van der Waals surface area contributed by atoms with Gasteiger partial charge in [0.1, 0.15) is 10.3 Å². The molecule has 172 valence electrons. The van der Waals surface area contributed by atoms with Crippen molar-refractivity contribution >= 4 is 56.4 Å². The zero-order valence-corrected chi connectivity index (χ0v) is 20.0. The number of hydrogen-bond donors (Lipinski definition) is 2. The summed E-state index contributed by atoms with van der Waals surface area (Å²) in [7, 11) is 3.58. The Bertz CT molecular complexity index is 1280. The van der Waals surface area contributed by atoms with Crippen LogP contribution in [0.5, 0.6) is 0 Å². The summed E-state index contributed by atoms with van der Waals surface area (Å²) in [5, 5.41) is 14.8. The molecule has 2 amide bonds. The van der Waals surface area contributed by atoms with Gasteiger partial charge in [-0.1, -0.05) is 22.9 Å². The van der Waals surface area contributed by atoms with Crippen LogP contribution in [0.2, 0.25) is 5.02 Å². The van der Waals surface area contributed by atoms with Gasteiger partial charge in [0.25, 0.3) is 0 Å². The molecule has 4 rings (SSSR count). The maximum Gasteiger partial charge on any atom is 0.323 e. The fourth-order valence-corrected chi connectivity index (χ4v) is 4.25. The van der Waals surface area contributed by atoms with Crippen molar-refractivity contribution in [2.75, 3.05) is 36.3 Å². The Morgan fingerprint density at radius 2 is 2.03 bits per heavy atom. The first kappa shape index (κ1) is 22.8. The Kier molecular flexibility index (Phi) is 6.67. The van der Waals surface area contributed by atoms with Crippen molar-refractivity contribution in [2.24, 2.45) is 0 Å². The molecular weight excluding hydrogens is 466 g/mol. The Hall–Kier alpha value is -3.35. The highest BCUT2D eigenvalue weighted by Gasteiger charge is 2.21. The fourth-order valence-electron chi connectivity index (χ4n) is 3.25. The summed E-state index contributed by atoms with van der Waals surface area (Å²) < 4.78 is 5.31. The van der Waals surface area contributed by atoms with Crippen LogP contribution in [-0.4, -0.2) is 62.8 Å². The van der Waals surface area contributed by atoms with E-state index in [1.165, 1.54) is 34.7 Å². The van der Waals surface area contributed by atoms with Gasteiger partial charge in [-0.25, -0.2) is 19.7 Å². The molecule has 0 saturated heterocycles. The van der Waals surface area contributed by atoms with Gasteiger partial charge < -0.3 is 20.3 Å². The molecule has 0 aliphatic rings. The molecule has 11 nitrogen and oxygen atoms in total. The van der Waals surface area contributed by atoms with Crippen LogP contribution in [0.3, 0.4) is 0 Å². The minimum atomic E-state index is -0.472. The van der Waals surface area contributed by atoms with E-state index in [9.17, 15) is 4.79 Å². The third-order valence-electron chi connectivity index (χ3n) is 4.86. The molecule has 0 aliphatic heterocycles. The number of nitrogens with one attached hydrogen (secondary N) is 2. The summed E-state index contributed by atoms with van der Waals surface area (Å²) in [6, 6.07) is 1.14. The number of fused-ring (bicyclic) bond motifs is 1. The minimum Gasteiger partial charge on any atom is -0.383 e. The zero-order chi connectivity index (χ0) is 23.5. The Labute approximate surface area is 198 Å². The first-order valence-electron chi connectivity index (χ1n) is 9.95. The SMILES string of the molecule is COCC(C)N(C)c1c(NC(=O)Nc2cnc(-n3nccn3)c(Cl)c2)cnc2sc(C)nc12. The molecule has 0 saturated carbocycles. The smallest absolute Gasteiger partial charge is 0.323 e. The number of carbonyl (C=O) groups is 1. The number of aryl methyl sites for hydroxylation is 1. The van der Waals surface area contributed by atoms with Crippen molar-refractivity contribution in [3.05, 3.63) is 40.9 Å². The number of urea groups is 1. The Morgan fingerprint density at radius 1 is 1.27 bits per heavy atom. The number of amides is 2. The number of rotatable bonds is 7. The van der Waals surface area contributed by atoms with Crippen molar-refractivity contribution in [2.45, 2.75) is 19.9 Å². The second-order valence-electron chi connectivity index (χ2n) is 7.25. The van der Waals surface area contributed by atoms with Crippen LogP contribution >= 0.6 is 22.9 Å². The number of likely N-dealkylation sites (N-methyl/N-ethyl adjacent to an activating group) is 1. The largest absolute Gasteiger partial charge is 0.383 e. The number of pyridine rings is 2. The van der Waals surface area contributed by atoms with Crippen LogP contribution in [0.15, 0.2) is 30.9 Å².